The number of hydrogen-bond acceptors (Lipinski definition) is 6. The maximum atomic E-state index is 12.0. The first-order chi connectivity index (χ1) is 12.9. The summed E-state index contributed by atoms with van der Waals surface area (Å²) in [5.74, 6) is 0.443. The Balaban J connectivity index is 1.58. The third-order valence-corrected chi connectivity index (χ3v) is 4.12. The van der Waals surface area contributed by atoms with E-state index in [9.17, 15) is 14.9 Å². The molecule has 0 saturated heterocycles. The van der Waals surface area contributed by atoms with E-state index in [1.165, 1.54) is 12.1 Å². The van der Waals surface area contributed by atoms with Crippen molar-refractivity contribution in [3.63, 3.8) is 0 Å². The number of nitrogens with zero attached hydrogens (tertiary/aromatic N) is 2. The number of aromatic nitrogens is 1. The first-order valence-corrected chi connectivity index (χ1v) is 8.53. The highest BCUT2D eigenvalue weighted by Crippen LogP contribution is 2.29. The van der Waals surface area contributed by atoms with Crippen molar-refractivity contribution >= 4 is 34.9 Å². The van der Waals surface area contributed by atoms with Crippen LogP contribution in [0.25, 0.3) is 11.3 Å². The van der Waals surface area contributed by atoms with Crippen molar-refractivity contribution in [1.29, 1.82) is 0 Å². The number of non-ortho nitro benzene ring substituents is 1. The van der Waals surface area contributed by atoms with Gasteiger partial charge >= 0.3 is 5.97 Å². The van der Waals surface area contributed by atoms with Gasteiger partial charge in [-0.15, -0.1) is 0 Å². The first kappa shape index (κ1) is 18.9. The van der Waals surface area contributed by atoms with E-state index >= 15 is 0 Å². The predicted molar refractivity (Wildman–Crippen MR) is 99.0 cm³/mol. The van der Waals surface area contributed by atoms with E-state index in [0.29, 0.717) is 16.7 Å². The van der Waals surface area contributed by atoms with Crippen molar-refractivity contribution in [3.05, 3.63) is 74.7 Å². The molecule has 9 heteroatoms. The average molecular weight is 407 g/mol. The number of benzene rings is 2. The van der Waals surface area contributed by atoms with Crippen molar-refractivity contribution in [1.82, 2.24) is 4.98 Å². The first-order valence-electron chi connectivity index (χ1n) is 7.77. The van der Waals surface area contributed by atoms with Gasteiger partial charge in [0, 0.05) is 29.1 Å². The van der Waals surface area contributed by atoms with Gasteiger partial charge in [0.2, 0.25) is 0 Å². The van der Waals surface area contributed by atoms with Crippen molar-refractivity contribution in [3.8, 4) is 17.1 Å². The van der Waals surface area contributed by atoms with Crippen LogP contribution < -0.4 is 4.74 Å². The van der Waals surface area contributed by atoms with Crippen LogP contribution in [0.3, 0.4) is 0 Å². The molecule has 1 aromatic heterocycles. The van der Waals surface area contributed by atoms with Crippen LogP contribution in [0.4, 0.5) is 5.69 Å². The molecule has 0 spiro atoms. The summed E-state index contributed by atoms with van der Waals surface area (Å²) in [6.45, 7) is 0. The molecule has 0 N–H and O–H groups in total. The van der Waals surface area contributed by atoms with E-state index in [1.807, 2.05) is 0 Å². The van der Waals surface area contributed by atoms with Gasteiger partial charge in [0.05, 0.1) is 22.6 Å². The van der Waals surface area contributed by atoms with Gasteiger partial charge in [-0.05, 0) is 30.3 Å². The summed E-state index contributed by atoms with van der Waals surface area (Å²) in [4.78, 5) is 26.2. The molecule has 1 heterocycles. The third kappa shape index (κ3) is 4.84. The fourth-order valence-corrected chi connectivity index (χ4v) is 2.58. The normalized spacial score (nSPS) is 10.6. The van der Waals surface area contributed by atoms with Crippen LogP contribution in [0.15, 0.2) is 53.1 Å². The van der Waals surface area contributed by atoms with E-state index in [-0.39, 0.29) is 29.3 Å². The average Bonchev–Trinajstić information content (AvgIpc) is 3.11. The Bertz CT molecular complexity index is 986. The molecular weight excluding hydrogens is 395 g/mol. The third-order valence-electron chi connectivity index (χ3n) is 3.58. The molecule has 138 valence electrons. The SMILES string of the molecule is O=C(CCc1ncc(-c2ccc(Cl)cc2)o1)Oc1ccc([N+](=O)[O-])cc1Cl. The van der Waals surface area contributed by atoms with Crippen LogP contribution in [0.2, 0.25) is 10.0 Å². The van der Waals surface area contributed by atoms with Gasteiger partial charge in [-0.2, -0.15) is 0 Å². The second kappa shape index (κ2) is 8.20. The van der Waals surface area contributed by atoms with Gasteiger partial charge in [-0.1, -0.05) is 23.2 Å². The molecule has 27 heavy (non-hydrogen) atoms. The summed E-state index contributed by atoms with van der Waals surface area (Å²) in [6.07, 6.45) is 1.81. The van der Waals surface area contributed by atoms with Gasteiger partial charge in [0.25, 0.3) is 5.69 Å². The number of nitro benzene ring substituents is 1. The number of oxazole rings is 1. The van der Waals surface area contributed by atoms with Gasteiger partial charge in [-0.3, -0.25) is 14.9 Å². The van der Waals surface area contributed by atoms with Gasteiger partial charge in [0.1, 0.15) is 5.75 Å². The highest BCUT2D eigenvalue weighted by Gasteiger charge is 2.15. The number of hydrogen-bond donors (Lipinski definition) is 0. The molecule has 3 rings (SSSR count). The number of nitro groups is 1. The van der Waals surface area contributed by atoms with Crippen LogP contribution in [0.1, 0.15) is 12.3 Å². The summed E-state index contributed by atoms with van der Waals surface area (Å²) in [6, 6.07) is 10.7. The van der Waals surface area contributed by atoms with Crippen molar-refractivity contribution in [2.24, 2.45) is 0 Å². The Morgan fingerprint density at radius 2 is 1.93 bits per heavy atom. The molecule has 0 radical (unpaired) electrons. The summed E-state index contributed by atoms with van der Waals surface area (Å²) in [7, 11) is 0. The van der Waals surface area contributed by atoms with Crippen molar-refractivity contribution < 1.29 is 18.9 Å². The summed E-state index contributed by atoms with van der Waals surface area (Å²) < 4.78 is 10.7. The number of rotatable bonds is 6. The molecule has 0 saturated carbocycles. The molecule has 0 fully saturated rings. The Labute approximate surface area is 163 Å². The fraction of sp³-hybridized carbons (Fsp3) is 0.111. The zero-order chi connectivity index (χ0) is 19.4. The maximum Gasteiger partial charge on any atom is 0.311 e. The Kier molecular flexibility index (Phi) is 5.73. The summed E-state index contributed by atoms with van der Waals surface area (Å²) in [5.41, 5.74) is 0.632. The molecule has 7 nitrogen and oxygen atoms in total. The van der Waals surface area contributed by atoms with Gasteiger partial charge < -0.3 is 9.15 Å². The highest BCUT2D eigenvalue weighted by molar-refractivity contribution is 6.32. The minimum absolute atomic E-state index is 0.00782. The van der Waals surface area contributed by atoms with Crippen molar-refractivity contribution in [2.45, 2.75) is 12.8 Å². The smallest absolute Gasteiger partial charge is 0.311 e. The van der Waals surface area contributed by atoms with Crippen LogP contribution in [-0.4, -0.2) is 15.9 Å². The lowest BCUT2D eigenvalue weighted by Crippen LogP contribution is -2.09. The number of halogens is 2. The Morgan fingerprint density at radius 1 is 1.19 bits per heavy atom. The minimum atomic E-state index is -0.585. The van der Waals surface area contributed by atoms with Crippen molar-refractivity contribution in [2.75, 3.05) is 0 Å². The molecule has 3 aromatic rings. The highest BCUT2D eigenvalue weighted by atomic mass is 35.5. The van der Waals surface area contributed by atoms with Gasteiger partial charge in [-0.25, -0.2) is 4.98 Å². The number of aryl methyl sites for hydroxylation is 1. The molecular formula is C18H12Cl2N2O5. The molecule has 0 aliphatic heterocycles. The Hall–Kier alpha value is -2.90. The molecule has 0 aliphatic carbocycles. The van der Waals surface area contributed by atoms with Crippen LogP contribution >= 0.6 is 23.2 Å². The van der Waals surface area contributed by atoms with Crippen LogP contribution in [0.5, 0.6) is 5.75 Å². The van der Waals surface area contributed by atoms with Crippen LogP contribution in [-0.2, 0) is 11.2 Å². The number of carbonyl (C=O) groups is 1. The lowest BCUT2D eigenvalue weighted by molar-refractivity contribution is -0.384. The van der Waals surface area contributed by atoms with E-state index in [2.05, 4.69) is 4.98 Å². The molecule has 0 aliphatic rings. The van der Waals surface area contributed by atoms with Gasteiger partial charge in [0.15, 0.2) is 11.7 Å². The Morgan fingerprint density at radius 3 is 2.59 bits per heavy atom. The lowest BCUT2D eigenvalue weighted by atomic mass is 10.2. The summed E-state index contributed by atoms with van der Waals surface area (Å²) >= 11 is 11.7. The molecule has 0 atom stereocenters. The minimum Gasteiger partial charge on any atom is -0.441 e. The van der Waals surface area contributed by atoms with E-state index in [4.69, 9.17) is 32.4 Å². The monoisotopic (exact) mass is 406 g/mol. The number of ether oxygens (including phenoxy) is 1. The standard InChI is InChI=1S/C18H12Cl2N2O5/c19-12-3-1-11(2-4-12)16-10-21-17(26-16)7-8-18(23)27-15-6-5-13(22(24)25)9-14(15)20/h1-6,9-10H,7-8H2. The number of carbonyl (C=O) groups excluding carboxylic acids is 1. The lowest BCUT2D eigenvalue weighted by Gasteiger charge is -2.05. The zero-order valence-electron chi connectivity index (χ0n) is 13.7. The maximum absolute atomic E-state index is 12.0. The van der Waals surface area contributed by atoms with E-state index in [1.54, 1.807) is 30.5 Å². The molecule has 0 bridgehead atoms. The van der Waals surface area contributed by atoms with E-state index < -0.39 is 10.9 Å². The zero-order valence-corrected chi connectivity index (χ0v) is 15.2. The quantitative estimate of drug-likeness (QED) is 0.244. The molecule has 2 aromatic carbocycles. The van der Waals surface area contributed by atoms with Crippen LogP contribution in [0, 0.1) is 10.1 Å². The molecule has 0 unspecified atom stereocenters. The largest absolute Gasteiger partial charge is 0.441 e. The second-order valence-electron chi connectivity index (χ2n) is 5.47. The molecule has 0 amide bonds. The fourth-order valence-electron chi connectivity index (χ4n) is 2.24. The topological polar surface area (TPSA) is 95.5 Å². The number of esters is 1. The second-order valence-corrected chi connectivity index (χ2v) is 6.31. The predicted octanol–water partition coefficient (Wildman–Crippen LogP) is 5.09. The van der Waals surface area contributed by atoms with E-state index in [0.717, 1.165) is 11.6 Å². The summed E-state index contributed by atoms with van der Waals surface area (Å²) in [5, 5.41) is 11.3.